The van der Waals surface area contributed by atoms with Crippen molar-refractivity contribution in [2.75, 3.05) is 18.6 Å². The number of hydrogen-bond donors (Lipinski definition) is 2. The summed E-state index contributed by atoms with van der Waals surface area (Å²) in [6.07, 6.45) is 6.53. The van der Waals surface area contributed by atoms with Gasteiger partial charge in [-0.15, -0.1) is 0 Å². The molecule has 2 unspecified atom stereocenters. The Labute approximate surface area is 193 Å². The highest BCUT2D eigenvalue weighted by molar-refractivity contribution is 7.99. The zero-order valence-corrected chi connectivity index (χ0v) is 20.1. The Morgan fingerprint density at radius 1 is 1.31 bits per heavy atom. The first-order valence-corrected chi connectivity index (χ1v) is 12.7. The number of ketones is 2. The van der Waals surface area contributed by atoms with Crippen LogP contribution in [0.1, 0.15) is 46.5 Å². The van der Waals surface area contributed by atoms with Crippen LogP contribution in [-0.4, -0.2) is 58.1 Å². The second kappa shape index (κ2) is 8.10. The van der Waals surface area contributed by atoms with E-state index in [0.717, 1.165) is 24.2 Å². The number of carbonyl (C=O) groups is 3. The Hall–Kier alpha value is -1.44. The average molecular weight is 463 g/mol. The van der Waals surface area contributed by atoms with Gasteiger partial charge in [0, 0.05) is 16.7 Å². The summed E-state index contributed by atoms with van der Waals surface area (Å²) in [5, 5.41) is 23.5. The Bertz CT molecular complexity index is 895. The maximum absolute atomic E-state index is 13.4. The van der Waals surface area contributed by atoms with Gasteiger partial charge in [0.05, 0.1) is 24.9 Å². The molecular weight excluding hydrogens is 428 g/mol. The normalized spacial score (nSPS) is 44.9. The minimum atomic E-state index is -1.87. The number of ether oxygens (including phenoxy) is 1. The van der Waals surface area contributed by atoms with Gasteiger partial charge in [0.1, 0.15) is 5.60 Å². The predicted octanol–water partition coefficient (Wildman–Crippen LogP) is 2.72. The van der Waals surface area contributed by atoms with Gasteiger partial charge in [0.15, 0.2) is 11.6 Å². The Morgan fingerprint density at radius 2 is 2.03 bits per heavy atom. The van der Waals surface area contributed by atoms with Crippen LogP contribution in [0.2, 0.25) is 0 Å². The first-order chi connectivity index (χ1) is 15.0. The number of methoxy groups -OCH3 is 1. The third-order valence-electron chi connectivity index (χ3n) is 9.10. The van der Waals surface area contributed by atoms with Crippen LogP contribution >= 0.6 is 11.8 Å². The molecule has 0 aromatic carbocycles. The van der Waals surface area contributed by atoms with Crippen LogP contribution < -0.4 is 0 Å². The highest BCUT2D eigenvalue weighted by Gasteiger charge is 2.72. The minimum absolute atomic E-state index is 0.0221. The van der Waals surface area contributed by atoms with Crippen molar-refractivity contribution < 1.29 is 29.3 Å². The molecule has 0 aliphatic heterocycles. The molecule has 8 atom stereocenters. The summed E-state index contributed by atoms with van der Waals surface area (Å²) < 4.78 is 5.04. The third-order valence-corrected chi connectivity index (χ3v) is 9.97. The first-order valence-electron chi connectivity index (χ1n) is 11.6. The van der Waals surface area contributed by atoms with Gasteiger partial charge in [-0.3, -0.25) is 14.4 Å². The molecule has 3 saturated carbocycles. The molecule has 0 aromatic heterocycles. The second-order valence-electron chi connectivity index (χ2n) is 10.3. The van der Waals surface area contributed by atoms with Gasteiger partial charge in [0.25, 0.3) is 0 Å². The fraction of sp³-hybridized carbons (Fsp3) is 0.720. The summed E-state index contributed by atoms with van der Waals surface area (Å²) in [6, 6.07) is 0. The van der Waals surface area contributed by atoms with Crippen molar-refractivity contribution in [1.29, 1.82) is 0 Å². The second-order valence-corrected chi connectivity index (χ2v) is 11.6. The molecule has 0 spiro atoms. The van der Waals surface area contributed by atoms with E-state index in [2.05, 4.69) is 6.92 Å². The van der Waals surface area contributed by atoms with Crippen molar-refractivity contribution in [2.45, 2.75) is 58.2 Å². The van der Waals surface area contributed by atoms with Crippen molar-refractivity contribution in [3.63, 3.8) is 0 Å². The molecule has 0 amide bonds. The van der Waals surface area contributed by atoms with E-state index in [9.17, 15) is 24.6 Å². The number of rotatable bonds is 5. The number of aliphatic hydroxyl groups excluding tert-OH is 1. The Balaban J connectivity index is 1.78. The molecular formula is C25H34O6S. The zero-order valence-electron chi connectivity index (χ0n) is 19.3. The highest BCUT2D eigenvalue weighted by atomic mass is 32.2. The molecule has 4 aliphatic rings. The monoisotopic (exact) mass is 462 g/mol. The number of allylic oxidation sites excluding steroid dienone is 4. The molecule has 7 heteroatoms. The van der Waals surface area contributed by atoms with Crippen LogP contribution in [0.4, 0.5) is 0 Å². The summed E-state index contributed by atoms with van der Waals surface area (Å²) in [6.45, 7) is 5.90. The van der Waals surface area contributed by atoms with E-state index in [1.54, 1.807) is 12.2 Å². The number of carbonyl (C=O) groups excluding carboxylic acids is 3. The van der Waals surface area contributed by atoms with Crippen molar-refractivity contribution in [1.82, 2.24) is 0 Å². The fourth-order valence-electron chi connectivity index (χ4n) is 7.59. The number of fused-ring (bicyclic) bond motifs is 5. The molecule has 0 bridgehead atoms. The average Bonchev–Trinajstić information content (AvgIpc) is 2.99. The summed E-state index contributed by atoms with van der Waals surface area (Å²) in [4.78, 5) is 38.2. The van der Waals surface area contributed by atoms with E-state index in [0.29, 0.717) is 6.42 Å². The van der Waals surface area contributed by atoms with E-state index in [1.807, 2.05) is 19.9 Å². The maximum Gasteiger partial charge on any atom is 0.312 e. The van der Waals surface area contributed by atoms with Gasteiger partial charge < -0.3 is 14.9 Å². The summed E-state index contributed by atoms with van der Waals surface area (Å²) >= 11 is 1.43. The molecule has 4 aliphatic carbocycles. The molecule has 0 radical (unpaired) electrons. The summed E-state index contributed by atoms with van der Waals surface area (Å²) in [7, 11) is 1.29. The van der Waals surface area contributed by atoms with Crippen molar-refractivity contribution in [2.24, 2.45) is 34.5 Å². The lowest BCUT2D eigenvalue weighted by molar-refractivity contribution is -0.187. The number of thioether (sulfide) groups is 1. The lowest BCUT2D eigenvalue weighted by Crippen LogP contribution is -2.63. The number of aliphatic hydroxyl groups is 2. The summed E-state index contributed by atoms with van der Waals surface area (Å²) in [5.74, 6) is -1.22. The van der Waals surface area contributed by atoms with Crippen LogP contribution in [0.5, 0.6) is 0 Å². The topological polar surface area (TPSA) is 101 Å². The van der Waals surface area contributed by atoms with Crippen LogP contribution in [0.3, 0.4) is 0 Å². The standard InChI is InChI=1S/C25H34O6S/c1-5-32-13-20(28)25(30)18(22(29)31-4)11-17-16-7-6-14-10-15(26)8-9-23(14,2)21(16)19(27)12-24(17,25)3/h8-10,16-19,21,27,30H,5-7,11-13H2,1-4H3/t16-,17-,18?,19?,21+,23-,24-,25-/m0/s1. The molecule has 6 nitrogen and oxygen atoms in total. The Kier molecular flexibility index (Phi) is 6.00. The smallest absolute Gasteiger partial charge is 0.312 e. The quantitative estimate of drug-likeness (QED) is 0.606. The van der Waals surface area contributed by atoms with Crippen LogP contribution in [-0.2, 0) is 19.1 Å². The molecule has 176 valence electrons. The highest BCUT2D eigenvalue weighted by Crippen LogP contribution is 2.68. The third kappa shape index (κ3) is 3.11. The minimum Gasteiger partial charge on any atom is -0.469 e. The molecule has 3 fully saturated rings. The van der Waals surface area contributed by atoms with Gasteiger partial charge in [-0.25, -0.2) is 0 Å². The van der Waals surface area contributed by atoms with E-state index >= 15 is 0 Å². The molecule has 0 saturated heterocycles. The van der Waals surface area contributed by atoms with E-state index in [4.69, 9.17) is 4.74 Å². The van der Waals surface area contributed by atoms with Crippen molar-refractivity contribution >= 4 is 29.3 Å². The SMILES string of the molecule is CCSCC(=O)[C@@]1(O)C(C(=O)OC)C[C@H]2[C@@H]3CCC4=CC(=O)C=C[C@]4(C)[C@H]3C(O)C[C@@]21C. The van der Waals surface area contributed by atoms with Crippen LogP contribution in [0.15, 0.2) is 23.8 Å². The van der Waals surface area contributed by atoms with Crippen LogP contribution in [0, 0.1) is 34.5 Å². The van der Waals surface area contributed by atoms with Crippen molar-refractivity contribution in [3.05, 3.63) is 23.8 Å². The summed E-state index contributed by atoms with van der Waals surface area (Å²) in [5.41, 5.74) is -2.19. The lowest BCUT2D eigenvalue weighted by Gasteiger charge is -2.59. The first kappa shape index (κ1) is 23.7. The number of esters is 1. The van der Waals surface area contributed by atoms with Gasteiger partial charge in [-0.2, -0.15) is 11.8 Å². The molecule has 0 aromatic rings. The van der Waals surface area contributed by atoms with Crippen molar-refractivity contribution in [3.8, 4) is 0 Å². The zero-order chi connectivity index (χ0) is 23.5. The van der Waals surface area contributed by atoms with Gasteiger partial charge in [-0.05, 0) is 55.4 Å². The van der Waals surface area contributed by atoms with Gasteiger partial charge in [-0.1, -0.05) is 32.4 Å². The van der Waals surface area contributed by atoms with Crippen LogP contribution in [0.25, 0.3) is 0 Å². The fourth-order valence-corrected chi connectivity index (χ4v) is 8.20. The predicted molar refractivity (Wildman–Crippen MR) is 122 cm³/mol. The van der Waals surface area contributed by atoms with E-state index in [-0.39, 0.29) is 41.5 Å². The molecule has 2 N–H and O–H groups in total. The van der Waals surface area contributed by atoms with E-state index in [1.165, 1.54) is 18.9 Å². The molecule has 32 heavy (non-hydrogen) atoms. The lowest BCUT2D eigenvalue weighted by atomic mass is 9.46. The van der Waals surface area contributed by atoms with E-state index < -0.39 is 34.4 Å². The number of Topliss-reactive ketones (excluding diaryl/α,β-unsaturated/α-hetero) is 1. The van der Waals surface area contributed by atoms with Gasteiger partial charge >= 0.3 is 5.97 Å². The largest absolute Gasteiger partial charge is 0.469 e. The Morgan fingerprint density at radius 3 is 2.69 bits per heavy atom. The number of hydrogen-bond acceptors (Lipinski definition) is 7. The maximum atomic E-state index is 13.4. The molecule has 0 heterocycles. The van der Waals surface area contributed by atoms with Gasteiger partial charge in [0.2, 0.25) is 0 Å². The molecule has 4 rings (SSSR count).